The minimum atomic E-state index is 0.292. The summed E-state index contributed by atoms with van der Waals surface area (Å²) < 4.78 is 4.49. The van der Waals surface area contributed by atoms with Crippen molar-refractivity contribution in [3.8, 4) is 0 Å². The van der Waals surface area contributed by atoms with Crippen molar-refractivity contribution in [3.63, 3.8) is 0 Å². The van der Waals surface area contributed by atoms with Gasteiger partial charge in [0.15, 0.2) is 6.33 Å². The van der Waals surface area contributed by atoms with Gasteiger partial charge in [-0.3, -0.25) is 0 Å². The zero-order chi connectivity index (χ0) is 13.9. The second-order valence-electron chi connectivity index (χ2n) is 5.39. The summed E-state index contributed by atoms with van der Waals surface area (Å²) in [5.41, 5.74) is 4.38. The molecule has 4 heteroatoms. The van der Waals surface area contributed by atoms with Gasteiger partial charge in [-0.05, 0) is 42.7 Å². The molecule has 1 aromatic heterocycles. The van der Waals surface area contributed by atoms with Crippen LogP contribution in [0.1, 0.15) is 29.9 Å². The van der Waals surface area contributed by atoms with Gasteiger partial charge in [0, 0.05) is 0 Å². The highest BCUT2D eigenvalue weighted by molar-refractivity contribution is 6.16. The van der Waals surface area contributed by atoms with Crippen molar-refractivity contribution in [2.75, 3.05) is 0 Å². The molecule has 0 amide bonds. The minimum Gasteiger partial charge on any atom is -0.338 e. The van der Waals surface area contributed by atoms with Crippen LogP contribution in [0.2, 0.25) is 0 Å². The minimum absolute atomic E-state index is 0.292. The van der Waals surface area contributed by atoms with Crippen molar-refractivity contribution in [1.29, 1.82) is 0 Å². The first kappa shape index (κ1) is 13.4. The Hall–Kier alpha value is -1.61. The molecule has 1 heterocycles. The lowest BCUT2D eigenvalue weighted by Gasteiger charge is -2.03. The van der Waals surface area contributed by atoms with Gasteiger partial charge < -0.3 is 4.52 Å². The monoisotopic (exact) mass is 288 g/mol. The Balaban J connectivity index is 0.000000147. The number of fused-ring (bicyclic) bond motifs is 1. The molecule has 0 N–H and O–H groups in total. The fraction of sp³-hybridized carbons (Fsp3) is 0.375. The lowest BCUT2D eigenvalue weighted by Crippen LogP contribution is -1.83. The number of benzene rings is 1. The first-order valence-corrected chi connectivity index (χ1v) is 7.39. The molecule has 4 rings (SSSR count). The largest absolute Gasteiger partial charge is 0.338 e. The molecule has 1 fully saturated rings. The Morgan fingerprint density at radius 1 is 1.30 bits per heavy atom. The van der Waals surface area contributed by atoms with Crippen LogP contribution < -0.4 is 0 Å². The molecule has 104 valence electrons. The van der Waals surface area contributed by atoms with Crippen LogP contribution in [0.15, 0.2) is 41.2 Å². The van der Waals surface area contributed by atoms with Gasteiger partial charge in [-0.15, -0.1) is 11.6 Å². The number of rotatable bonds is 2. The van der Waals surface area contributed by atoms with Crippen LogP contribution in [0.3, 0.4) is 0 Å². The number of alkyl halides is 1. The Morgan fingerprint density at radius 3 is 2.60 bits per heavy atom. The predicted octanol–water partition coefficient (Wildman–Crippen LogP) is 4.23. The van der Waals surface area contributed by atoms with E-state index >= 15 is 0 Å². The summed E-state index contributed by atoms with van der Waals surface area (Å²) in [6.45, 7) is 2.14. The molecule has 3 nitrogen and oxygen atoms in total. The molecule has 2 aliphatic rings. The normalized spacial score (nSPS) is 22.6. The molecular weight excluding hydrogens is 272 g/mol. The van der Waals surface area contributed by atoms with Crippen molar-refractivity contribution in [1.82, 2.24) is 10.1 Å². The van der Waals surface area contributed by atoms with Crippen molar-refractivity contribution >= 4 is 17.2 Å². The SMILES string of the molecule is Cc1ccc(C2=CC3CC3C2)cc1.ClCc1ncno1. The second kappa shape index (κ2) is 5.80. The molecular formula is C16H17ClN2O. The average Bonchev–Trinajstić information content (AvgIpc) is 2.92. The Morgan fingerprint density at radius 2 is 2.10 bits per heavy atom. The van der Waals surface area contributed by atoms with Crippen molar-refractivity contribution < 1.29 is 4.52 Å². The van der Waals surface area contributed by atoms with Crippen LogP contribution in [0.25, 0.3) is 5.57 Å². The Bertz CT molecular complexity index is 589. The average molecular weight is 289 g/mol. The summed E-state index contributed by atoms with van der Waals surface area (Å²) in [4.78, 5) is 3.62. The number of aromatic nitrogens is 2. The maximum absolute atomic E-state index is 5.27. The molecule has 0 radical (unpaired) electrons. The molecule has 2 atom stereocenters. The maximum Gasteiger partial charge on any atom is 0.241 e. The molecule has 0 saturated heterocycles. The van der Waals surface area contributed by atoms with E-state index in [0.29, 0.717) is 11.8 Å². The number of allylic oxidation sites excluding steroid dienone is 2. The lowest BCUT2D eigenvalue weighted by atomic mass is 10.0. The van der Waals surface area contributed by atoms with Gasteiger partial charge in [0.05, 0.1) is 0 Å². The van der Waals surface area contributed by atoms with Crippen LogP contribution in [0, 0.1) is 18.8 Å². The highest BCUT2D eigenvalue weighted by Crippen LogP contribution is 2.52. The number of aryl methyl sites for hydroxylation is 1. The fourth-order valence-corrected chi connectivity index (χ4v) is 2.67. The van der Waals surface area contributed by atoms with E-state index in [1.165, 1.54) is 30.3 Å². The van der Waals surface area contributed by atoms with Gasteiger partial charge in [0.1, 0.15) is 5.88 Å². The second-order valence-corrected chi connectivity index (χ2v) is 5.66. The van der Waals surface area contributed by atoms with E-state index in [4.69, 9.17) is 11.6 Å². The van der Waals surface area contributed by atoms with E-state index in [1.807, 2.05) is 0 Å². The van der Waals surface area contributed by atoms with Gasteiger partial charge in [-0.2, -0.15) is 4.98 Å². The third-order valence-corrected chi connectivity index (χ3v) is 4.05. The first-order chi connectivity index (χ1) is 9.76. The molecule has 2 unspecified atom stereocenters. The van der Waals surface area contributed by atoms with Crippen molar-refractivity contribution in [2.45, 2.75) is 25.6 Å². The fourth-order valence-electron chi connectivity index (χ4n) is 2.56. The van der Waals surface area contributed by atoms with Crippen LogP contribution >= 0.6 is 11.6 Å². The zero-order valence-electron chi connectivity index (χ0n) is 11.4. The summed E-state index contributed by atoms with van der Waals surface area (Å²) >= 11 is 5.27. The Labute approximate surface area is 123 Å². The standard InChI is InChI=1S/C13H14.C3H3ClN2O/c1-9-2-4-10(5-3-9)11-6-12-8-13(12)7-11;4-1-3-5-2-6-7-3/h2-6,12-13H,7-8H2,1H3;2H,1H2. The van der Waals surface area contributed by atoms with Gasteiger partial charge in [-0.1, -0.05) is 41.1 Å². The van der Waals surface area contributed by atoms with Crippen LogP contribution in [0.5, 0.6) is 0 Å². The van der Waals surface area contributed by atoms with E-state index in [-0.39, 0.29) is 0 Å². The van der Waals surface area contributed by atoms with Gasteiger partial charge >= 0.3 is 0 Å². The van der Waals surface area contributed by atoms with Crippen LogP contribution in [-0.4, -0.2) is 10.1 Å². The predicted molar refractivity (Wildman–Crippen MR) is 79.2 cm³/mol. The topological polar surface area (TPSA) is 38.9 Å². The molecule has 0 spiro atoms. The molecule has 0 aliphatic heterocycles. The zero-order valence-corrected chi connectivity index (χ0v) is 12.2. The highest BCUT2D eigenvalue weighted by Gasteiger charge is 2.40. The number of halogens is 1. The first-order valence-electron chi connectivity index (χ1n) is 6.85. The molecule has 1 aromatic carbocycles. The van der Waals surface area contributed by atoms with E-state index in [9.17, 15) is 0 Å². The lowest BCUT2D eigenvalue weighted by molar-refractivity contribution is 0.389. The summed E-state index contributed by atoms with van der Waals surface area (Å²) in [6.07, 6.45) is 6.58. The van der Waals surface area contributed by atoms with E-state index in [2.05, 4.69) is 51.9 Å². The molecule has 2 aliphatic carbocycles. The summed E-state index contributed by atoms with van der Waals surface area (Å²) in [5, 5.41) is 3.32. The van der Waals surface area contributed by atoms with Crippen LogP contribution in [-0.2, 0) is 5.88 Å². The van der Waals surface area contributed by atoms with Gasteiger partial charge in [0.2, 0.25) is 5.89 Å². The molecule has 0 bridgehead atoms. The molecule has 2 aromatic rings. The van der Waals surface area contributed by atoms with Gasteiger partial charge in [-0.25, -0.2) is 0 Å². The van der Waals surface area contributed by atoms with Crippen molar-refractivity contribution in [3.05, 3.63) is 53.7 Å². The smallest absolute Gasteiger partial charge is 0.241 e. The third kappa shape index (κ3) is 3.10. The van der Waals surface area contributed by atoms with E-state index < -0.39 is 0 Å². The van der Waals surface area contributed by atoms with Crippen LogP contribution in [0.4, 0.5) is 0 Å². The molecule has 1 saturated carbocycles. The number of hydrogen-bond donors (Lipinski definition) is 0. The quantitative estimate of drug-likeness (QED) is 0.776. The molecule has 20 heavy (non-hydrogen) atoms. The Kier molecular flexibility index (Phi) is 3.88. The summed E-state index contributed by atoms with van der Waals surface area (Å²) in [6, 6.07) is 8.93. The summed E-state index contributed by atoms with van der Waals surface area (Å²) in [5.74, 6) is 2.70. The van der Waals surface area contributed by atoms with Gasteiger partial charge in [0.25, 0.3) is 0 Å². The van der Waals surface area contributed by atoms with Crippen molar-refractivity contribution in [2.24, 2.45) is 11.8 Å². The number of nitrogens with zero attached hydrogens (tertiary/aromatic N) is 2. The number of hydrogen-bond acceptors (Lipinski definition) is 3. The van der Waals surface area contributed by atoms with E-state index in [1.54, 1.807) is 5.57 Å². The third-order valence-electron chi connectivity index (χ3n) is 3.82. The maximum atomic E-state index is 5.27. The van der Waals surface area contributed by atoms with E-state index in [0.717, 1.165) is 11.8 Å². The summed E-state index contributed by atoms with van der Waals surface area (Å²) in [7, 11) is 0. The highest BCUT2D eigenvalue weighted by atomic mass is 35.5.